The minimum atomic E-state index is -0.366. The van der Waals surface area contributed by atoms with Crippen LogP contribution in [-0.4, -0.2) is 33.7 Å². The van der Waals surface area contributed by atoms with Crippen molar-refractivity contribution in [2.24, 2.45) is 0 Å². The Morgan fingerprint density at radius 3 is 2.62 bits per heavy atom. The van der Waals surface area contributed by atoms with Crippen molar-refractivity contribution in [1.82, 2.24) is 15.2 Å². The summed E-state index contributed by atoms with van der Waals surface area (Å²) in [5.74, 6) is -0.485. The van der Waals surface area contributed by atoms with E-state index in [1.165, 1.54) is 11.3 Å². The molecule has 0 bridgehead atoms. The van der Waals surface area contributed by atoms with Crippen LogP contribution in [0.3, 0.4) is 0 Å². The SMILES string of the molecule is CCOC(=O)c1[nH]c(C)c(CCC(=O)Nc2nnc(CC)s2)c1C. The second-order valence-electron chi connectivity index (χ2n) is 5.35. The third kappa shape index (κ3) is 4.19. The number of rotatable bonds is 7. The molecule has 130 valence electrons. The molecule has 0 unspecified atom stereocenters. The number of carbonyl (C=O) groups is 2. The van der Waals surface area contributed by atoms with Crippen molar-refractivity contribution in [2.45, 2.75) is 47.0 Å². The van der Waals surface area contributed by atoms with Gasteiger partial charge in [-0.25, -0.2) is 4.79 Å². The standard InChI is InChI=1S/C16H22N4O3S/c1-5-13-19-20-16(24-13)18-12(21)8-7-11-9(3)14(17-10(11)4)15(22)23-6-2/h17H,5-8H2,1-4H3,(H,18,20,21). The summed E-state index contributed by atoms with van der Waals surface area (Å²) < 4.78 is 5.03. The third-order valence-corrected chi connectivity index (χ3v) is 4.67. The molecule has 0 atom stereocenters. The van der Waals surface area contributed by atoms with Crippen LogP contribution in [-0.2, 0) is 22.4 Å². The Morgan fingerprint density at radius 1 is 1.25 bits per heavy atom. The van der Waals surface area contributed by atoms with Gasteiger partial charge in [-0.05, 0) is 44.7 Å². The second-order valence-corrected chi connectivity index (χ2v) is 6.41. The van der Waals surface area contributed by atoms with Crippen molar-refractivity contribution in [3.05, 3.63) is 27.5 Å². The minimum Gasteiger partial charge on any atom is -0.461 e. The monoisotopic (exact) mass is 350 g/mol. The zero-order chi connectivity index (χ0) is 17.7. The van der Waals surface area contributed by atoms with Crippen molar-refractivity contribution in [3.8, 4) is 0 Å². The van der Waals surface area contributed by atoms with E-state index in [1.54, 1.807) is 6.92 Å². The highest BCUT2D eigenvalue weighted by molar-refractivity contribution is 7.15. The first-order valence-electron chi connectivity index (χ1n) is 7.93. The number of carbonyl (C=O) groups excluding carboxylic acids is 2. The average molecular weight is 350 g/mol. The molecular weight excluding hydrogens is 328 g/mol. The number of nitrogens with zero attached hydrogens (tertiary/aromatic N) is 2. The minimum absolute atomic E-state index is 0.119. The van der Waals surface area contributed by atoms with Crippen LogP contribution in [0.1, 0.15) is 52.6 Å². The number of ether oxygens (including phenoxy) is 1. The Hall–Kier alpha value is -2.22. The molecule has 0 spiro atoms. The smallest absolute Gasteiger partial charge is 0.355 e. The van der Waals surface area contributed by atoms with Gasteiger partial charge in [-0.3, -0.25) is 4.79 Å². The van der Waals surface area contributed by atoms with Gasteiger partial charge in [0.25, 0.3) is 0 Å². The van der Waals surface area contributed by atoms with Crippen LogP contribution >= 0.6 is 11.3 Å². The number of H-pyrrole nitrogens is 1. The first-order chi connectivity index (χ1) is 11.5. The van der Waals surface area contributed by atoms with E-state index in [0.29, 0.717) is 30.3 Å². The summed E-state index contributed by atoms with van der Waals surface area (Å²) in [5.41, 5.74) is 3.15. The molecule has 0 aliphatic heterocycles. The molecule has 2 rings (SSSR count). The highest BCUT2D eigenvalue weighted by Crippen LogP contribution is 2.21. The Kier molecular flexibility index (Phi) is 6.08. The quantitative estimate of drug-likeness (QED) is 0.748. The van der Waals surface area contributed by atoms with E-state index in [1.807, 2.05) is 20.8 Å². The molecular formula is C16H22N4O3S. The topological polar surface area (TPSA) is 97.0 Å². The normalized spacial score (nSPS) is 10.7. The van der Waals surface area contributed by atoms with Crippen molar-refractivity contribution >= 4 is 28.3 Å². The van der Waals surface area contributed by atoms with Gasteiger partial charge in [0.05, 0.1) is 6.61 Å². The molecule has 1 amide bonds. The van der Waals surface area contributed by atoms with Gasteiger partial charge >= 0.3 is 5.97 Å². The summed E-state index contributed by atoms with van der Waals surface area (Å²) in [6, 6.07) is 0. The predicted octanol–water partition coefficient (Wildman–Crippen LogP) is 2.79. The molecule has 0 radical (unpaired) electrons. The lowest BCUT2D eigenvalue weighted by atomic mass is 10.0. The van der Waals surface area contributed by atoms with Crippen LogP contribution < -0.4 is 5.32 Å². The number of esters is 1. The number of aromatic amines is 1. The van der Waals surface area contributed by atoms with Gasteiger partial charge in [-0.1, -0.05) is 18.3 Å². The zero-order valence-corrected chi connectivity index (χ0v) is 15.2. The predicted molar refractivity (Wildman–Crippen MR) is 92.5 cm³/mol. The van der Waals surface area contributed by atoms with Crippen LogP contribution in [0.5, 0.6) is 0 Å². The van der Waals surface area contributed by atoms with Crippen LogP contribution in [0.4, 0.5) is 5.13 Å². The van der Waals surface area contributed by atoms with E-state index < -0.39 is 0 Å². The maximum absolute atomic E-state index is 12.1. The van der Waals surface area contributed by atoms with Crippen molar-refractivity contribution in [1.29, 1.82) is 0 Å². The molecule has 2 heterocycles. The van der Waals surface area contributed by atoms with Crippen molar-refractivity contribution < 1.29 is 14.3 Å². The van der Waals surface area contributed by atoms with E-state index >= 15 is 0 Å². The Morgan fingerprint density at radius 2 is 2.00 bits per heavy atom. The van der Waals surface area contributed by atoms with Crippen LogP contribution in [0, 0.1) is 13.8 Å². The molecule has 0 aliphatic rings. The molecule has 2 N–H and O–H groups in total. The van der Waals surface area contributed by atoms with Gasteiger partial charge in [0.1, 0.15) is 10.7 Å². The number of nitrogens with one attached hydrogen (secondary N) is 2. The van der Waals surface area contributed by atoms with Gasteiger partial charge in [0, 0.05) is 12.1 Å². The molecule has 0 saturated heterocycles. The fourth-order valence-corrected chi connectivity index (χ4v) is 3.13. The zero-order valence-electron chi connectivity index (χ0n) is 14.4. The van der Waals surface area contributed by atoms with E-state index in [4.69, 9.17) is 4.74 Å². The molecule has 2 aromatic rings. The number of aryl methyl sites for hydroxylation is 2. The number of hydrogen-bond donors (Lipinski definition) is 2. The summed E-state index contributed by atoms with van der Waals surface area (Å²) >= 11 is 1.38. The van der Waals surface area contributed by atoms with Gasteiger partial charge in [0.15, 0.2) is 0 Å². The summed E-state index contributed by atoms with van der Waals surface area (Å²) in [5, 5.41) is 12.1. The average Bonchev–Trinajstić information content (AvgIpc) is 3.10. The lowest BCUT2D eigenvalue weighted by Gasteiger charge is -2.04. The molecule has 0 saturated carbocycles. The maximum Gasteiger partial charge on any atom is 0.355 e. The number of amides is 1. The fourth-order valence-electron chi connectivity index (χ4n) is 2.44. The molecule has 0 aliphatic carbocycles. The number of aromatic nitrogens is 3. The largest absolute Gasteiger partial charge is 0.461 e. The van der Waals surface area contributed by atoms with Crippen LogP contribution in [0.2, 0.25) is 0 Å². The van der Waals surface area contributed by atoms with E-state index in [9.17, 15) is 9.59 Å². The Labute approximate surface area is 144 Å². The first kappa shape index (κ1) is 18.1. The van der Waals surface area contributed by atoms with E-state index in [-0.39, 0.29) is 11.9 Å². The first-order valence-corrected chi connectivity index (χ1v) is 8.75. The lowest BCUT2D eigenvalue weighted by molar-refractivity contribution is -0.116. The van der Waals surface area contributed by atoms with Crippen molar-refractivity contribution in [3.63, 3.8) is 0 Å². The second kappa shape index (κ2) is 8.05. The molecule has 0 aromatic carbocycles. The molecule has 7 nitrogen and oxygen atoms in total. The van der Waals surface area contributed by atoms with Gasteiger partial charge in [-0.2, -0.15) is 0 Å². The van der Waals surface area contributed by atoms with Crippen molar-refractivity contribution in [2.75, 3.05) is 11.9 Å². The van der Waals surface area contributed by atoms with Crippen LogP contribution in [0.15, 0.2) is 0 Å². The summed E-state index contributed by atoms with van der Waals surface area (Å²) in [6.45, 7) is 7.84. The van der Waals surface area contributed by atoms with Gasteiger partial charge < -0.3 is 15.0 Å². The van der Waals surface area contributed by atoms with Gasteiger partial charge in [0.2, 0.25) is 11.0 Å². The van der Waals surface area contributed by atoms with E-state index in [2.05, 4.69) is 20.5 Å². The summed E-state index contributed by atoms with van der Waals surface area (Å²) in [6.07, 6.45) is 1.65. The fraction of sp³-hybridized carbons (Fsp3) is 0.500. The molecule has 8 heteroatoms. The summed E-state index contributed by atoms with van der Waals surface area (Å²) in [4.78, 5) is 27.0. The molecule has 2 aromatic heterocycles. The number of hydrogen-bond acceptors (Lipinski definition) is 6. The third-order valence-electron chi connectivity index (χ3n) is 3.69. The highest BCUT2D eigenvalue weighted by atomic mass is 32.1. The highest BCUT2D eigenvalue weighted by Gasteiger charge is 2.19. The summed E-state index contributed by atoms with van der Waals surface area (Å²) in [7, 11) is 0. The molecule has 0 fully saturated rings. The van der Waals surface area contributed by atoms with Gasteiger partial charge in [-0.15, -0.1) is 10.2 Å². The lowest BCUT2D eigenvalue weighted by Crippen LogP contribution is -2.12. The Balaban J connectivity index is 1.98. The number of anilines is 1. The van der Waals surface area contributed by atoms with Crippen LogP contribution in [0.25, 0.3) is 0 Å². The molecule has 24 heavy (non-hydrogen) atoms. The maximum atomic E-state index is 12.1. The van der Waals surface area contributed by atoms with E-state index in [0.717, 1.165) is 28.2 Å². The Bertz CT molecular complexity index is 736.